The molecule has 1 fully saturated rings. The molecule has 2 aromatic carbocycles. The maximum absolute atomic E-state index is 12.7. The Bertz CT molecular complexity index is 1150. The van der Waals surface area contributed by atoms with Gasteiger partial charge in [-0.05, 0) is 48.4 Å². The zero-order valence-electron chi connectivity index (χ0n) is 16.4. The number of sulfonamides is 1. The van der Waals surface area contributed by atoms with E-state index in [1.165, 1.54) is 6.07 Å². The van der Waals surface area contributed by atoms with Gasteiger partial charge in [-0.25, -0.2) is 8.42 Å². The summed E-state index contributed by atoms with van der Waals surface area (Å²) in [5.74, 6) is -1.91. The van der Waals surface area contributed by atoms with Crippen LogP contribution in [0.2, 0.25) is 15.1 Å². The lowest BCUT2D eigenvalue weighted by atomic mass is 10.1. The van der Waals surface area contributed by atoms with E-state index in [-0.39, 0.29) is 30.2 Å². The van der Waals surface area contributed by atoms with Crippen molar-refractivity contribution in [1.82, 2.24) is 4.31 Å². The van der Waals surface area contributed by atoms with E-state index in [2.05, 4.69) is 0 Å². The summed E-state index contributed by atoms with van der Waals surface area (Å²) in [5.41, 5.74) is 1.48. The van der Waals surface area contributed by atoms with Gasteiger partial charge in [0.2, 0.25) is 10.0 Å². The number of nitrogens with zero attached hydrogens (tertiary/aromatic N) is 3. The Kier molecular flexibility index (Phi) is 7.52. The van der Waals surface area contributed by atoms with Crippen LogP contribution in [0.15, 0.2) is 36.4 Å². The van der Waals surface area contributed by atoms with Gasteiger partial charge < -0.3 is 4.90 Å². The summed E-state index contributed by atoms with van der Waals surface area (Å²) >= 11 is 18.6. The highest BCUT2D eigenvalue weighted by Crippen LogP contribution is 2.32. The molecule has 12 heteroatoms. The number of hydrogen-bond donors (Lipinski definition) is 0. The predicted molar refractivity (Wildman–Crippen MR) is 119 cm³/mol. The molecular formula is C20H17Cl3F3N3O2S. The molecule has 0 aliphatic carbocycles. The average Bonchev–Trinajstić information content (AvgIpc) is 3.17. The molecule has 0 saturated carbocycles. The highest BCUT2D eigenvalue weighted by atomic mass is 35.5. The predicted octanol–water partition coefficient (Wildman–Crippen LogP) is 5.49. The molecule has 172 valence electrons. The average molecular weight is 527 g/mol. The molecular weight excluding hydrogens is 510 g/mol. The molecule has 1 atom stereocenters. The fourth-order valence-electron chi connectivity index (χ4n) is 3.57. The molecule has 1 unspecified atom stereocenters. The third-order valence-corrected chi connectivity index (χ3v) is 7.79. The van der Waals surface area contributed by atoms with Crippen LogP contribution in [0.5, 0.6) is 0 Å². The first-order valence-electron chi connectivity index (χ1n) is 9.34. The lowest BCUT2D eigenvalue weighted by Gasteiger charge is -2.32. The molecule has 0 bridgehead atoms. The van der Waals surface area contributed by atoms with Crippen LogP contribution in [-0.2, 0) is 16.6 Å². The van der Waals surface area contributed by atoms with Crippen LogP contribution in [0.3, 0.4) is 0 Å². The van der Waals surface area contributed by atoms with Crippen LogP contribution >= 0.6 is 34.8 Å². The monoisotopic (exact) mass is 525 g/mol. The van der Waals surface area contributed by atoms with E-state index in [0.29, 0.717) is 27.7 Å². The molecule has 0 N–H and O–H groups in total. The summed E-state index contributed by atoms with van der Waals surface area (Å²) in [6, 6.07) is 11.2. The van der Waals surface area contributed by atoms with Crippen LogP contribution in [0.25, 0.3) is 0 Å². The van der Waals surface area contributed by atoms with Crippen molar-refractivity contribution in [2.45, 2.75) is 25.2 Å². The lowest BCUT2D eigenvalue weighted by Crippen LogP contribution is -2.41. The van der Waals surface area contributed by atoms with Crippen molar-refractivity contribution in [3.05, 3.63) is 62.6 Å². The fourth-order valence-corrected chi connectivity index (χ4v) is 5.54. The molecule has 1 aliphatic rings. The Hall–Kier alpha value is -1.70. The summed E-state index contributed by atoms with van der Waals surface area (Å²) in [5, 5.41) is 10.2. The second-order valence-corrected chi connectivity index (χ2v) is 10.5. The van der Waals surface area contributed by atoms with Crippen LogP contribution in [0.1, 0.15) is 17.5 Å². The maximum atomic E-state index is 12.7. The number of rotatable bonds is 6. The molecule has 32 heavy (non-hydrogen) atoms. The summed E-state index contributed by atoms with van der Waals surface area (Å²) in [6.07, 6.45) is -4.53. The van der Waals surface area contributed by atoms with E-state index >= 15 is 0 Å². The van der Waals surface area contributed by atoms with Crippen molar-refractivity contribution < 1.29 is 21.6 Å². The zero-order valence-corrected chi connectivity index (χ0v) is 19.5. The Morgan fingerprint density at radius 3 is 2.47 bits per heavy atom. The summed E-state index contributed by atoms with van der Waals surface area (Å²) in [4.78, 5) is 1.81. The Balaban J connectivity index is 1.94. The summed E-state index contributed by atoms with van der Waals surface area (Å²) in [7, 11) is -4.51. The smallest absolute Gasteiger partial charge is 0.363 e. The van der Waals surface area contributed by atoms with E-state index in [9.17, 15) is 21.6 Å². The Labute approximate surface area is 198 Å². The van der Waals surface area contributed by atoms with Crippen LogP contribution < -0.4 is 4.90 Å². The van der Waals surface area contributed by atoms with E-state index in [4.69, 9.17) is 40.1 Å². The van der Waals surface area contributed by atoms with Gasteiger partial charge in [0.05, 0.1) is 10.6 Å². The van der Waals surface area contributed by atoms with Gasteiger partial charge in [0.25, 0.3) is 0 Å². The first-order chi connectivity index (χ1) is 14.9. The van der Waals surface area contributed by atoms with Crippen molar-refractivity contribution in [2.75, 3.05) is 23.7 Å². The molecule has 2 aromatic rings. The van der Waals surface area contributed by atoms with E-state index in [1.807, 2.05) is 11.0 Å². The number of benzene rings is 2. The topological polar surface area (TPSA) is 64.4 Å². The van der Waals surface area contributed by atoms with Gasteiger partial charge >= 0.3 is 6.18 Å². The van der Waals surface area contributed by atoms with Gasteiger partial charge in [-0.15, -0.1) is 0 Å². The van der Waals surface area contributed by atoms with Gasteiger partial charge in [-0.3, -0.25) is 0 Å². The molecule has 5 nitrogen and oxygen atoms in total. The van der Waals surface area contributed by atoms with Crippen molar-refractivity contribution in [3.8, 4) is 6.07 Å². The molecule has 0 spiro atoms. The Morgan fingerprint density at radius 2 is 1.84 bits per heavy atom. The van der Waals surface area contributed by atoms with Gasteiger partial charge in [-0.1, -0.05) is 34.8 Å². The largest absolute Gasteiger partial charge is 0.404 e. The standard InChI is InChI=1S/C20H17Cl3F3N3O2S/c21-15-2-4-18(22)14(7-15)10-29(16-3-1-13(9-27)19(23)8-16)17-5-6-28(11-17)32(30,31)12-20(24,25)26/h1-4,7-8,17H,5-6,10-12H2. The third kappa shape index (κ3) is 6.00. The minimum atomic E-state index is -4.83. The normalized spacial score (nSPS) is 17.3. The SMILES string of the molecule is N#Cc1ccc(N(Cc2cc(Cl)ccc2Cl)C2CCN(S(=O)(=O)CC(F)(F)F)C2)cc1Cl. The van der Waals surface area contributed by atoms with Crippen LogP contribution in [-0.4, -0.2) is 43.8 Å². The third-order valence-electron chi connectivity index (χ3n) is 5.06. The minimum absolute atomic E-state index is 0.0487. The highest BCUT2D eigenvalue weighted by molar-refractivity contribution is 7.89. The van der Waals surface area contributed by atoms with Gasteiger partial charge in [0.1, 0.15) is 6.07 Å². The zero-order chi connectivity index (χ0) is 23.7. The van der Waals surface area contributed by atoms with Crippen LogP contribution in [0.4, 0.5) is 18.9 Å². The molecule has 0 radical (unpaired) electrons. The first-order valence-corrected chi connectivity index (χ1v) is 12.1. The van der Waals surface area contributed by atoms with Crippen molar-refractivity contribution in [3.63, 3.8) is 0 Å². The minimum Gasteiger partial charge on any atom is -0.363 e. The van der Waals surface area contributed by atoms with E-state index in [0.717, 1.165) is 4.31 Å². The molecule has 1 heterocycles. The van der Waals surface area contributed by atoms with Crippen molar-refractivity contribution in [1.29, 1.82) is 5.26 Å². The number of hydrogen-bond acceptors (Lipinski definition) is 4. The number of nitriles is 1. The van der Waals surface area contributed by atoms with Gasteiger partial charge in [0, 0.05) is 41.4 Å². The molecule has 1 aliphatic heterocycles. The van der Waals surface area contributed by atoms with Gasteiger partial charge in [0.15, 0.2) is 5.75 Å². The van der Waals surface area contributed by atoms with Crippen molar-refractivity contribution >= 4 is 50.5 Å². The van der Waals surface area contributed by atoms with E-state index < -0.39 is 28.0 Å². The highest BCUT2D eigenvalue weighted by Gasteiger charge is 2.42. The Morgan fingerprint density at radius 1 is 1.12 bits per heavy atom. The second kappa shape index (κ2) is 9.65. The maximum Gasteiger partial charge on any atom is 0.404 e. The summed E-state index contributed by atoms with van der Waals surface area (Å²) < 4.78 is 63.5. The molecule has 0 aromatic heterocycles. The summed E-state index contributed by atoms with van der Waals surface area (Å²) in [6.45, 7) is 0.0283. The quantitative estimate of drug-likeness (QED) is 0.499. The van der Waals surface area contributed by atoms with Crippen molar-refractivity contribution in [2.24, 2.45) is 0 Å². The lowest BCUT2D eigenvalue weighted by molar-refractivity contribution is -0.107. The first kappa shape index (κ1) is 24.9. The van der Waals surface area contributed by atoms with E-state index in [1.54, 1.807) is 30.3 Å². The fraction of sp³-hybridized carbons (Fsp3) is 0.350. The molecule has 3 rings (SSSR count). The number of halogens is 6. The van der Waals surface area contributed by atoms with Gasteiger partial charge in [-0.2, -0.15) is 22.7 Å². The number of anilines is 1. The number of alkyl halides is 3. The van der Waals surface area contributed by atoms with Crippen LogP contribution in [0, 0.1) is 11.3 Å². The molecule has 1 saturated heterocycles. The molecule has 0 amide bonds. The second-order valence-electron chi connectivity index (χ2n) is 7.31.